The smallest absolute Gasteiger partial charge is 0.416 e. The van der Waals surface area contributed by atoms with E-state index in [2.05, 4.69) is 31.1 Å². The molecule has 4 aromatic rings. The van der Waals surface area contributed by atoms with Crippen molar-refractivity contribution < 1.29 is 48.3 Å². The monoisotopic (exact) mass is 1030 g/mol. The summed E-state index contributed by atoms with van der Waals surface area (Å²) in [5.41, 5.74) is 1.69. The molecule has 9 N–H and O–H groups in total. The first-order chi connectivity index (χ1) is 30.0. The number of carbonyl (C=O) groups excluding carboxylic acids is 2. The van der Waals surface area contributed by atoms with Crippen molar-refractivity contribution in [3.05, 3.63) is 94.5 Å². The molecule has 3 aliphatic rings. The van der Waals surface area contributed by atoms with Crippen LogP contribution in [0.5, 0.6) is 11.5 Å². The lowest BCUT2D eigenvalue weighted by Gasteiger charge is -2.36. The number of phenolic OH excluding ortho intramolecular Hbond substituents is 2. The standard InChI is InChI=1S/C22H26F3N3OS.C22H28N4O6.4ClH/c23-22(24,25)17-6-7-21-19(16-17)28(18-4-1-2-5-20(18)30-21)9-3-8-26-10-12-27(13-11-26)14-15-29;27-11-9-23-5-7-25-13-1-2-14(26-8-6-24-10-12-28)18-17(13)21(31)19-15(29)3-4-16(30)20(19)22(18)32;;;;/h1-2,4-7,16,29H,3,8-15H2;1-4,23-30H,5-12H2;4*1H. The summed E-state index contributed by atoms with van der Waals surface area (Å²) >= 11 is 1.53. The molecule has 22 heteroatoms. The van der Waals surface area contributed by atoms with Crippen LogP contribution in [0.4, 0.5) is 35.9 Å². The third kappa shape index (κ3) is 14.4. The molecule has 2 heterocycles. The Bertz CT molecular complexity index is 2120. The van der Waals surface area contributed by atoms with E-state index in [0.717, 1.165) is 54.6 Å². The zero-order valence-corrected chi connectivity index (χ0v) is 40.0. The maximum atomic E-state index is 13.4. The number of carbonyl (C=O) groups is 2. The van der Waals surface area contributed by atoms with E-state index in [9.17, 15) is 33.0 Å². The van der Waals surface area contributed by atoms with Crippen LogP contribution in [0.25, 0.3) is 0 Å². The van der Waals surface area contributed by atoms with Crippen LogP contribution < -0.4 is 26.2 Å². The molecule has 1 saturated heterocycles. The van der Waals surface area contributed by atoms with Crippen molar-refractivity contribution in [2.75, 3.05) is 120 Å². The number of nitrogens with one attached hydrogen (secondary N) is 4. The van der Waals surface area contributed by atoms with E-state index in [4.69, 9.17) is 15.3 Å². The minimum Gasteiger partial charge on any atom is -0.507 e. The van der Waals surface area contributed by atoms with Gasteiger partial charge in [0, 0.05) is 99.7 Å². The van der Waals surface area contributed by atoms with Gasteiger partial charge < -0.3 is 56.6 Å². The highest BCUT2D eigenvalue weighted by molar-refractivity contribution is 7.99. The van der Waals surface area contributed by atoms with Crippen molar-refractivity contribution in [2.45, 2.75) is 22.4 Å². The fourth-order valence-electron chi connectivity index (χ4n) is 7.72. The number of rotatable bonds is 18. The fraction of sp³-hybridized carbons (Fsp3) is 0.409. The van der Waals surface area contributed by atoms with Crippen molar-refractivity contribution in [3.8, 4) is 11.5 Å². The number of alkyl halides is 3. The number of aromatic hydroxyl groups is 2. The zero-order chi connectivity index (χ0) is 44.2. The molecule has 1 aliphatic carbocycles. The second-order valence-corrected chi connectivity index (χ2v) is 16.0. The summed E-state index contributed by atoms with van der Waals surface area (Å²) in [6.45, 7) is 9.10. The maximum absolute atomic E-state index is 13.4. The van der Waals surface area contributed by atoms with E-state index in [1.54, 1.807) is 18.2 Å². The molecule has 0 atom stereocenters. The lowest BCUT2D eigenvalue weighted by atomic mass is 9.81. The number of aliphatic hydroxyl groups excluding tert-OH is 3. The summed E-state index contributed by atoms with van der Waals surface area (Å²) in [7, 11) is 0. The Labute approximate surface area is 411 Å². The highest BCUT2D eigenvalue weighted by Gasteiger charge is 2.38. The summed E-state index contributed by atoms with van der Waals surface area (Å²) in [6.07, 6.45) is -3.48. The number of fused-ring (bicyclic) bond motifs is 4. The minimum absolute atomic E-state index is 0. The number of β-amino-alcohol motifs (C(OH)–C–C–N with tert-alkyl or cyclic N) is 1. The van der Waals surface area contributed by atoms with Crippen molar-refractivity contribution in [3.63, 3.8) is 0 Å². The van der Waals surface area contributed by atoms with E-state index >= 15 is 0 Å². The Morgan fingerprint density at radius 1 is 0.561 bits per heavy atom. The van der Waals surface area contributed by atoms with Crippen LogP contribution in [0.15, 0.2) is 76.5 Å². The molecule has 1 fully saturated rings. The predicted molar refractivity (Wildman–Crippen MR) is 263 cm³/mol. The third-order valence-electron chi connectivity index (χ3n) is 10.8. The molecule has 0 radical (unpaired) electrons. The van der Waals surface area contributed by atoms with Gasteiger partial charge in [0.25, 0.3) is 0 Å². The van der Waals surface area contributed by atoms with Gasteiger partial charge in [0.1, 0.15) is 11.5 Å². The maximum Gasteiger partial charge on any atom is 0.416 e. The average Bonchev–Trinajstić information content (AvgIpc) is 3.26. The van der Waals surface area contributed by atoms with Gasteiger partial charge in [-0.15, -0.1) is 49.6 Å². The first kappa shape index (κ1) is 58.4. The molecule has 0 aromatic heterocycles. The van der Waals surface area contributed by atoms with Gasteiger partial charge in [0.15, 0.2) is 0 Å². The van der Waals surface area contributed by atoms with Crippen molar-refractivity contribution in [1.29, 1.82) is 0 Å². The first-order valence-corrected chi connectivity index (χ1v) is 21.5. The number of benzene rings is 4. The molecule has 0 spiro atoms. The number of ketones is 2. The van der Waals surface area contributed by atoms with E-state index in [0.29, 0.717) is 69.4 Å². The van der Waals surface area contributed by atoms with Gasteiger partial charge in [0.05, 0.1) is 59.0 Å². The van der Waals surface area contributed by atoms with Gasteiger partial charge in [-0.25, -0.2) is 0 Å². The summed E-state index contributed by atoms with van der Waals surface area (Å²) in [6, 6.07) is 17.7. The van der Waals surface area contributed by atoms with Gasteiger partial charge in [-0.05, 0) is 67.6 Å². The van der Waals surface area contributed by atoms with Crippen LogP contribution in [0.1, 0.15) is 43.8 Å². The number of halogens is 7. The van der Waals surface area contributed by atoms with E-state index in [1.165, 1.54) is 36.0 Å². The highest BCUT2D eigenvalue weighted by atomic mass is 35.5. The molecule has 4 aromatic carbocycles. The van der Waals surface area contributed by atoms with Crippen LogP contribution in [-0.4, -0.2) is 152 Å². The second kappa shape index (κ2) is 27.9. The number of hydrogen-bond acceptors (Lipinski definition) is 15. The van der Waals surface area contributed by atoms with Crippen molar-refractivity contribution in [2.24, 2.45) is 0 Å². The number of para-hydroxylation sites is 1. The van der Waals surface area contributed by atoms with Crippen molar-refractivity contribution in [1.82, 2.24) is 20.4 Å². The Kier molecular flexibility index (Phi) is 24.7. The molecule has 366 valence electrons. The first-order valence-electron chi connectivity index (χ1n) is 20.7. The summed E-state index contributed by atoms with van der Waals surface area (Å²) < 4.78 is 39.9. The molecule has 0 bridgehead atoms. The lowest BCUT2D eigenvalue weighted by molar-refractivity contribution is -0.137. The largest absolute Gasteiger partial charge is 0.507 e. The summed E-state index contributed by atoms with van der Waals surface area (Å²) in [4.78, 5) is 35.4. The van der Waals surface area contributed by atoms with Gasteiger partial charge in [-0.2, -0.15) is 13.2 Å². The number of hydrogen-bond donors (Lipinski definition) is 9. The van der Waals surface area contributed by atoms with E-state index in [-0.39, 0.29) is 103 Å². The molecular formula is C44H58Cl4F3N7O7S. The zero-order valence-electron chi connectivity index (χ0n) is 35.9. The van der Waals surface area contributed by atoms with Crippen molar-refractivity contribution >= 4 is 95.7 Å². The van der Waals surface area contributed by atoms with Gasteiger partial charge in [-0.1, -0.05) is 23.9 Å². The topological polar surface area (TPSA) is 193 Å². The second-order valence-electron chi connectivity index (χ2n) is 14.9. The quantitative estimate of drug-likeness (QED) is 0.0375. The number of anilines is 4. The minimum atomic E-state index is -4.35. The molecule has 14 nitrogen and oxygen atoms in total. The summed E-state index contributed by atoms with van der Waals surface area (Å²) in [5, 5.41) is 59.6. The molecule has 2 aliphatic heterocycles. The van der Waals surface area contributed by atoms with Crippen LogP contribution in [0, 0.1) is 0 Å². The van der Waals surface area contributed by atoms with Crippen LogP contribution >= 0.6 is 61.4 Å². The average molecular weight is 1030 g/mol. The van der Waals surface area contributed by atoms with E-state index < -0.39 is 23.3 Å². The van der Waals surface area contributed by atoms with E-state index in [1.807, 2.05) is 29.2 Å². The third-order valence-corrected chi connectivity index (χ3v) is 11.9. The highest BCUT2D eigenvalue weighted by Crippen LogP contribution is 2.49. The van der Waals surface area contributed by atoms with Gasteiger partial charge >= 0.3 is 6.18 Å². The number of phenols is 2. The normalized spacial score (nSPS) is 14.1. The fourth-order valence-corrected chi connectivity index (χ4v) is 8.79. The predicted octanol–water partition coefficient (Wildman–Crippen LogP) is 5.86. The lowest BCUT2D eigenvalue weighted by Crippen LogP contribution is -2.47. The van der Waals surface area contributed by atoms with Gasteiger partial charge in [0.2, 0.25) is 11.6 Å². The molecular weight excluding hydrogens is 969 g/mol. The SMILES string of the molecule is Cl.Cl.Cl.Cl.O=C1c2c(O)ccc(O)c2C(=O)c2c(NCCNCCO)ccc(NCCNCCO)c21.OCCN1CCN(CCCN2c3ccccc3Sc3ccc(C(F)(F)F)cc32)CC1. The molecule has 0 saturated carbocycles. The Morgan fingerprint density at radius 2 is 1.06 bits per heavy atom. The Hall–Kier alpha value is -3.76. The molecule has 0 unspecified atom stereocenters. The van der Waals surface area contributed by atoms with Crippen LogP contribution in [-0.2, 0) is 6.18 Å². The van der Waals surface area contributed by atoms with Gasteiger partial charge in [-0.3, -0.25) is 14.5 Å². The number of aliphatic hydroxyl groups is 3. The molecule has 66 heavy (non-hydrogen) atoms. The number of piperazine rings is 1. The number of nitrogens with zero attached hydrogens (tertiary/aromatic N) is 3. The van der Waals surface area contributed by atoms with Crippen LogP contribution in [0.3, 0.4) is 0 Å². The molecule has 7 rings (SSSR count). The summed E-state index contributed by atoms with van der Waals surface area (Å²) in [5.74, 6) is -1.86. The Morgan fingerprint density at radius 3 is 1.56 bits per heavy atom. The Balaban J connectivity index is 0.000000428. The molecule has 0 amide bonds. The van der Waals surface area contributed by atoms with Crippen LogP contribution in [0.2, 0.25) is 0 Å².